The van der Waals surface area contributed by atoms with Crippen molar-refractivity contribution in [3.8, 4) is 0 Å². The second-order valence-electron chi connectivity index (χ2n) is 7.15. The number of sulfonamides is 1. The Morgan fingerprint density at radius 1 is 1.09 bits per heavy atom. The number of fused-ring (bicyclic) bond motifs is 1. The van der Waals surface area contributed by atoms with Gasteiger partial charge in [-0.05, 0) is 61.4 Å². The average molecular weight is 470 g/mol. The molecule has 32 heavy (non-hydrogen) atoms. The second-order valence-corrected chi connectivity index (χ2v) is 9.70. The third kappa shape index (κ3) is 4.56. The zero-order valence-electron chi connectivity index (χ0n) is 17.2. The van der Waals surface area contributed by atoms with Crippen LogP contribution in [0.5, 0.6) is 0 Å². The number of aryl methyl sites for hydroxylation is 2. The van der Waals surface area contributed by atoms with Gasteiger partial charge >= 0.3 is 5.97 Å². The fourth-order valence-electron chi connectivity index (χ4n) is 2.95. The summed E-state index contributed by atoms with van der Waals surface area (Å²) in [4.78, 5) is 29.3. The van der Waals surface area contributed by atoms with E-state index >= 15 is 0 Å². The Bertz CT molecular complexity index is 1470. The molecule has 0 aliphatic carbocycles. The Hall–Kier alpha value is -3.50. The van der Waals surface area contributed by atoms with Crippen LogP contribution in [0.2, 0.25) is 0 Å². The Morgan fingerprint density at radius 2 is 1.84 bits per heavy atom. The molecule has 0 spiro atoms. The molecule has 2 heterocycles. The van der Waals surface area contributed by atoms with Crippen LogP contribution in [0.15, 0.2) is 69.8 Å². The highest BCUT2D eigenvalue weighted by Crippen LogP contribution is 2.19. The van der Waals surface area contributed by atoms with Gasteiger partial charge in [-0.15, -0.1) is 11.3 Å². The van der Waals surface area contributed by atoms with Crippen molar-refractivity contribution in [2.24, 2.45) is 0 Å². The Labute approximate surface area is 188 Å². The van der Waals surface area contributed by atoms with Crippen LogP contribution < -0.4 is 10.3 Å². The van der Waals surface area contributed by atoms with Gasteiger partial charge in [-0.3, -0.25) is 13.9 Å². The average Bonchev–Trinajstić information content (AvgIpc) is 3.23. The van der Waals surface area contributed by atoms with Crippen LogP contribution in [-0.2, 0) is 21.4 Å². The van der Waals surface area contributed by atoms with Crippen molar-refractivity contribution in [1.82, 2.24) is 9.38 Å². The van der Waals surface area contributed by atoms with Gasteiger partial charge in [0.1, 0.15) is 6.61 Å². The number of anilines is 1. The van der Waals surface area contributed by atoms with Gasteiger partial charge in [0.2, 0.25) is 0 Å². The lowest BCUT2D eigenvalue weighted by molar-refractivity contribution is 0.0468. The molecule has 10 heteroatoms. The van der Waals surface area contributed by atoms with Crippen molar-refractivity contribution in [3.63, 3.8) is 0 Å². The number of rotatable bonds is 6. The van der Waals surface area contributed by atoms with E-state index in [-0.39, 0.29) is 22.6 Å². The number of ether oxygens (including phenoxy) is 1. The quantitative estimate of drug-likeness (QED) is 0.433. The van der Waals surface area contributed by atoms with Crippen LogP contribution in [0.3, 0.4) is 0 Å². The first-order valence-electron chi connectivity index (χ1n) is 9.56. The molecule has 0 amide bonds. The van der Waals surface area contributed by atoms with Crippen LogP contribution in [0, 0.1) is 13.8 Å². The summed E-state index contributed by atoms with van der Waals surface area (Å²) in [5.74, 6) is -0.609. The molecule has 4 rings (SSSR count). The number of hydrogen-bond donors (Lipinski definition) is 1. The summed E-state index contributed by atoms with van der Waals surface area (Å²) in [6, 6.07) is 12.1. The maximum Gasteiger partial charge on any atom is 0.338 e. The first-order valence-corrected chi connectivity index (χ1v) is 11.9. The Kier molecular flexibility index (Phi) is 5.81. The molecule has 8 nitrogen and oxygen atoms in total. The number of esters is 1. The van der Waals surface area contributed by atoms with Gasteiger partial charge in [0.25, 0.3) is 15.6 Å². The fraction of sp³-hybridized carbons (Fsp3) is 0.136. The zero-order valence-corrected chi connectivity index (χ0v) is 18.9. The molecule has 0 saturated heterocycles. The number of nitrogens with zero attached hydrogens (tertiary/aromatic N) is 2. The second kappa shape index (κ2) is 8.56. The van der Waals surface area contributed by atoms with Crippen molar-refractivity contribution in [1.29, 1.82) is 0 Å². The predicted molar refractivity (Wildman–Crippen MR) is 122 cm³/mol. The van der Waals surface area contributed by atoms with E-state index in [1.807, 2.05) is 13.8 Å². The zero-order chi connectivity index (χ0) is 22.9. The Morgan fingerprint density at radius 3 is 2.56 bits per heavy atom. The lowest BCUT2D eigenvalue weighted by Gasteiger charge is -2.10. The molecule has 0 saturated carbocycles. The molecular formula is C22H19N3O5S2. The molecule has 164 valence electrons. The number of aromatic nitrogens is 2. The van der Waals surface area contributed by atoms with E-state index in [0.29, 0.717) is 16.3 Å². The maximum absolute atomic E-state index is 12.6. The molecule has 0 unspecified atom stereocenters. The van der Waals surface area contributed by atoms with E-state index in [4.69, 9.17) is 4.74 Å². The summed E-state index contributed by atoms with van der Waals surface area (Å²) in [5.41, 5.74) is 2.54. The SMILES string of the molecule is Cc1ccc(S(=O)(=O)Nc2ccc(C(=O)OCc3cc(=O)n4ccsc4n3)cc2)cc1C. The maximum atomic E-state index is 12.6. The normalized spacial score (nSPS) is 11.4. The Balaban J connectivity index is 1.42. The van der Waals surface area contributed by atoms with E-state index in [2.05, 4.69) is 9.71 Å². The summed E-state index contributed by atoms with van der Waals surface area (Å²) < 4.78 is 34.4. The minimum Gasteiger partial charge on any atom is -0.456 e. The lowest BCUT2D eigenvalue weighted by Crippen LogP contribution is -2.15. The number of carbonyl (C=O) groups excluding carboxylic acids is 1. The highest BCUT2D eigenvalue weighted by molar-refractivity contribution is 7.92. The highest BCUT2D eigenvalue weighted by atomic mass is 32.2. The van der Waals surface area contributed by atoms with Crippen molar-refractivity contribution in [3.05, 3.63) is 92.8 Å². The molecule has 0 bridgehead atoms. The van der Waals surface area contributed by atoms with Crippen LogP contribution in [-0.4, -0.2) is 23.8 Å². The van der Waals surface area contributed by atoms with Gasteiger partial charge in [-0.2, -0.15) is 0 Å². The summed E-state index contributed by atoms with van der Waals surface area (Å²) in [7, 11) is -3.75. The first-order chi connectivity index (χ1) is 15.2. The fourth-order valence-corrected chi connectivity index (χ4v) is 4.84. The molecule has 0 radical (unpaired) electrons. The number of hydrogen-bond acceptors (Lipinski definition) is 7. The molecule has 0 aliphatic rings. The molecule has 0 atom stereocenters. The lowest BCUT2D eigenvalue weighted by atomic mass is 10.1. The largest absolute Gasteiger partial charge is 0.456 e. The number of nitrogens with one attached hydrogen (secondary N) is 1. The van der Waals surface area contributed by atoms with E-state index in [9.17, 15) is 18.0 Å². The van der Waals surface area contributed by atoms with E-state index in [1.54, 1.807) is 29.8 Å². The molecule has 4 aromatic rings. The number of carbonyl (C=O) groups is 1. The number of benzene rings is 2. The minimum absolute atomic E-state index is 0.149. The van der Waals surface area contributed by atoms with Crippen molar-refractivity contribution in [2.45, 2.75) is 25.3 Å². The predicted octanol–water partition coefficient (Wildman–Crippen LogP) is 3.53. The van der Waals surface area contributed by atoms with E-state index in [0.717, 1.165) is 11.1 Å². The van der Waals surface area contributed by atoms with Crippen molar-refractivity contribution >= 4 is 38.0 Å². The van der Waals surface area contributed by atoms with Crippen LogP contribution in [0.1, 0.15) is 27.2 Å². The van der Waals surface area contributed by atoms with Gasteiger partial charge in [0.15, 0.2) is 4.96 Å². The molecule has 2 aromatic carbocycles. The van der Waals surface area contributed by atoms with Crippen molar-refractivity contribution < 1.29 is 17.9 Å². The summed E-state index contributed by atoms with van der Waals surface area (Å²) in [5, 5.41) is 1.75. The topological polar surface area (TPSA) is 107 Å². The molecular weight excluding hydrogens is 450 g/mol. The molecule has 1 N–H and O–H groups in total. The van der Waals surface area contributed by atoms with E-state index in [1.165, 1.54) is 46.1 Å². The van der Waals surface area contributed by atoms with Crippen LogP contribution in [0.4, 0.5) is 5.69 Å². The summed E-state index contributed by atoms with van der Waals surface area (Å²) in [6.45, 7) is 3.61. The third-order valence-electron chi connectivity index (χ3n) is 4.87. The number of thiazole rings is 1. The minimum atomic E-state index is -3.75. The summed E-state index contributed by atoms with van der Waals surface area (Å²) >= 11 is 1.31. The monoisotopic (exact) mass is 469 g/mol. The summed E-state index contributed by atoms with van der Waals surface area (Å²) in [6.07, 6.45) is 1.63. The first kappa shape index (κ1) is 21.7. The van der Waals surface area contributed by atoms with Gasteiger partial charge in [-0.1, -0.05) is 6.07 Å². The van der Waals surface area contributed by atoms with E-state index < -0.39 is 16.0 Å². The van der Waals surface area contributed by atoms with Gasteiger partial charge in [0, 0.05) is 23.3 Å². The highest BCUT2D eigenvalue weighted by Gasteiger charge is 2.16. The standard InChI is InChI=1S/C22H19N3O5S2/c1-14-3-8-19(11-15(14)2)32(28,29)24-17-6-4-16(5-7-17)21(27)30-13-18-12-20(26)25-9-10-31-22(25)23-18/h3-12,24H,13H2,1-2H3. The van der Waals surface area contributed by atoms with Crippen LogP contribution >= 0.6 is 11.3 Å². The van der Waals surface area contributed by atoms with Gasteiger partial charge in [-0.25, -0.2) is 18.2 Å². The molecule has 0 fully saturated rings. The van der Waals surface area contributed by atoms with Crippen molar-refractivity contribution in [2.75, 3.05) is 4.72 Å². The molecule has 0 aliphatic heterocycles. The third-order valence-corrected chi connectivity index (χ3v) is 7.00. The smallest absolute Gasteiger partial charge is 0.338 e. The van der Waals surface area contributed by atoms with Gasteiger partial charge < -0.3 is 4.74 Å². The van der Waals surface area contributed by atoms with Crippen LogP contribution in [0.25, 0.3) is 4.96 Å². The van der Waals surface area contributed by atoms with Gasteiger partial charge in [0.05, 0.1) is 16.2 Å². The molecule has 2 aromatic heterocycles.